The summed E-state index contributed by atoms with van der Waals surface area (Å²) < 4.78 is 0. The second-order valence-corrected chi connectivity index (χ2v) is 9.73. The maximum absolute atomic E-state index is 13.2. The molecule has 1 heterocycles. The monoisotopic (exact) mass is 546 g/mol. The van der Waals surface area contributed by atoms with E-state index in [1.807, 2.05) is 44.2 Å². The Kier molecular flexibility index (Phi) is 10.0. The molecular formula is C29H34N6O5. The number of rotatable bonds is 11. The number of aliphatic hydroxyl groups is 1. The third-order valence-electron chi connectivity index (χ3n) is 6.61. The Bertz CT molecular complexity index is 1340. The van der Waals surface area contributed by atoms with Crippen LogP contribution >= 0.6 is 0 Å². The van der Waals surface area contributed by atoms with E-state index in [0.29, 0.717) is 12.0 Å². The van der Waals surface area contributed by atoms with Crippen molar-refractivity contribution < 1.29 is 24.3 Å². The Balaban J connectivity index is 1.71. The second kappa shape index (κ2) is 13.4. The van der Waals surface area contributed by atoms with Gasteiger partial charge in [0.25, 0.3) is 5.91 Å². The van der Waals surface area contributed by atoms with Gasteiger partial charge in [0.2, 0.25) is 5.91 Å². The van der Waals surface area contributed by atoms with E-state index >= 15 is 0 Å². The van der Waals surface area contributed by atoms with E-state index in [9.17, 15) is 24.3 Å². The molecule has 0 radical (unpaired) electrons. The highest BCUT2D eigenvalue weighted by atomic mass is 16.3. The zero-order valence-electron chi connectivity index (χ0n) is 23.0. The number of aldehydes is 1. The molecule has 40 heavy (non-hydrogen) atoms. The first kappa shape index (κ1) is 29.9. The molecule has 0 bridgehead atoms. The molecule has 3 rings (SSSR count). The van der Waals surface area contributed by atoms with Crippen molar-refractivity contribution in [2.45, 2.75) is 44.9 Å². The lowest BCUT2D eigenvalue weighted by Gasteiger charge is -2.28. The van der Waals surface area contributed by atoms with Gasteiger partial charge in [0.1, 0.15) is 12.3 Å². The normalized spacial score (nSPS) is 11.7. The standard InChI is InChI=1S/C29H34N6O5/c1-29(2,22-9-7-19(8-10-22)20-13-14-31-32-17-20)34-28(40)33-23-11-12-24(21(16-23)18-37)27(39)35(4)25(6-5-15-36)26(38)30-3/h7-17,25,37H,5-6,18H2,1-4H3,(H,30,38)(H2,33,34,40). The highest BCUT2D eigenvalue weighted by molar-refractivity contribution is 5.99. The predicted molar refractivity (Wildman–Crippen MR) is 150 cm³/mol. The van der Waals surface area contributed by atoms with Crippen LogP contribution in [0.2, 0.25) is 0 Å². The van der Waals surface area contributed by atoms with Gasteiger partial charge in [-0.05, 0) is 61.2 Å². The number of aliphatic hydroxyl groups excluding tert-OH is 1. The molecule has 0 aliphatic rings. The fraction of sp³-hybridized carbons (Fsp3) is 0.310. The average molecular weight is 547 g/mol. The molecule has 2 aromatic carbocycles. The third kappa shape index (κ3) is 7.26. The van der Waals surface area contributed by atoms with Crippen LogP contribution in [0.1, 0.15) is 48.2 Å². The predicted octanol–water partition coefficient (Wildman–Crippen LogP) is 2.86. The number of benzene rings is 2. The third-order valence-corrected chi connectivity index (χ3v) is 6.61. The van der Waals surface area contributed by atoms with Crippen molar-refractivity contribution in [2.24, 2.45) is 0 Å². The summed E-state index contributed by atoms with van der Waals surface area (Å²) in [5, 5.41) is 25.8. The fourth-order valence-corrected chi connectivity index (χ4v) is 4.29. The minimum Gasteiger partial charge on any atom is -0.392 e. The Morgan fingerprint density at radius 3 is 2.38 bits per heavy atom. The van der Waals surface area contributed by atoms with Crippen molar-refractivity contribution >= 4 is 29.8 Å². The first-order chi connectivity index (χ1) is 19.1. The zero-order chi connectivity index (χ0) is 29.3. The van der Waals surface area contributed by atoms with Crippen molar-refractivity contribution in [3.05, 3.63) is 77.6 Å². The number of aromatic nitrogens is 2. The molecule has 11 heteroatoms. The van der Waals surface area contributed by atoms with Gasteiger partial charge in [-0.3, -0.25) is 9.59 Å². The number of likely N-dealkylation sites (N-methyl/N-ethyl adjacent to an activating group) is 2. The van der Waals surface area contributed by atoms with Gasteiger partial charge in [-0.1, -0.05) is 24.3 Å². The fourth-order valence-electron chi connectivity index (χ4n) is 4.29. The Morgan fingerprint density at radius 2 is 1.77 bits per heavy atom. The largest absolute Gasteiger partial charge is 0.392 e. The molecule has 1 atom stereocenters. The van der Waals surface area contributed by atoms with E-state index in [1.54, 1.807) is 18.5 Å². The smallest absolute Gasteiger partial charge is 0.319 e. The maximum Gasteiger partial charge on any atom is 0.319 e. The van der Waals surface area contributed by atoms with Gasteiger partial charge < -0.3 is 30.8 Å². The van der Waals surface area contributed by atoms with Crippen molar-refractivity contribution in [1.29, 1.82) is 0 Å². The van der Waals surface area contributed by atoms with Crippen LogP contribution in [0.4, 0.5) is 10.5 Å². The van der Waals surface area contributed by atoms with E-state index < -0.39 is 36.0 Å². The maximum atomic E-state index is 13.2. The summed E-state index contributed by atoms with van der Waals surface area (Å²) in [7, 11) is 2.92. The van der Waals surface area contributed by atoms with E-state index in [2.05, 4.69) is 26.1 Å². The highest BCUT2D eigenvalue weighted by Gasteiger charge is 2.28. The van der Waals surface area contributed by atoms with E-state index in [1.165, 1.54) is 31.1 Å². The van der Waals surface area contributed by atoms with Crippen LogP contribution in [0.15, 0.2) is 60.9 Å². The van der Waals surface area contributed by atoms with Gasteiger partial charge >= 0.3 is 6.03 Å². The molecule has 1 unspecified atom stereocenters. The summed E-state index contributed by atoms with van der Waals surface area (Å²) in [5.41, 5.74) is 2.91. The number of hydrogen-bond acceptors (Lipinski definition) is 7. The molecular weight excluding hydrogens is 512 g/mol. The Hall–Kier alpha value is -4.64. The quantitative estimate of drug-likeness (QED) is 0.270. The first-order valence-corrected chi connectivity index (χ1v) is 12.7. The molecule has 0 fully saturated rings. The van der Waals surface area contributed by atoms with Gasteiger partial charge in [-0.25, -0.2) is 4.79 Å². The van der Waals surface area contributed by atoms with Gasteiger partial charge in [-0.15, -0.1) is 0 Å². The molecule has 0 aliphatic carbocycles. The van der Waals surface area contributed by atoms with Gasteiger partial charge in [0.15, 0.2) is 0 Å². The highest BCUT2D eigenvalue weighted by Crippen LogP contribution is 2.25. The number of carbonyl (C=O) groups excluding carboxylic acids is 4. The molecule has 0 saturated carbocycles. The molecule has 0 saturated heterocycles. The number of nitrogens with zero attached hydrogens (tertiary/aromatic N) is 3. The summed E-state index contributed by atoms with van der Waals surface area (Å²) in [4.78, 5) is 50.4. The lowest BCUT2D eigenvalue weighted by atomic mass is 9.92. The Labute approximate surface area is 233 Å². The summed E-state index contributed by atoms with van der Waals surface area (Å²) in [5.74, 6) is -0.892. The Morgan fingerprint density at radius 1 is 1.05 bits per heavy atom. The van der Waals surface area contributed by atoms with E-state index in [4.69, 9.17) is 0 Å². The van der Waals surface area contributed by atoms with Crippen molar-refractivity contribution in [1.82, 2.24) is 25.7 Å². The first-order valence-electron chi connectivity index (χ1n) is 12.7. The minimum absolute atomic E-state index is 0.114. The summed E-state index contributed by atoms with van der Waals surface area (Å²) in [6, 6.07) is 12.8. The average Bonchev–Trinajstić information content (AvgIpc) is 2.96. The molecule has 0 aliphatic heterocycles. The van der Waals surface area contributed by atoms with Crippen molar-refractivity contribution in [3.8, 4) is 11.1 Å². The topological polar surface area (TPSA) is 154 Å². The summed E-state index contributed by atoms with van der Waals surface area (Å²) >= 11 is 0. The molecule has 11 nitrogen and oxygen atoms in total. The van der Waals surface area contributed by atoms with Crippen LogP contribution < -0.4 is 16.0 Å². The summed E-state index contributed by atoms with van der Waals surface area (Å²) in [6.07, 6.45) is 4.27. The molecule has 210 valence electrons. The molecule has 1 aromatic heterocycles. The SMILES string of the molecule is CNC(=O)C(CCC=O)N(C)C(=O)c1ccc(NC(=O)NC(C)(C)c2ccc(-c3ccnnc3)cc2)cc1CO. The number of hydrogen-bond donors (Lipinski definition) is 4. The van der Waals surface area contributed by atoms with Crippen LogP contribution in [0.25, 0.3) is 11.1 Å². The van der Waals surface area contributed by atoms with Crippen LogP contribution in [0.5, 0.6) is 0 Å². The summed E-state index contributed by atoms with van der Waals surface area (Å²) in [6.45, 7) is 3.29. The van der Waals surface area contributed by atoms with Gasteiger partial charge in [0.05, 0.1) is 24.5 Å². The number of nitrogens with one attached hydrogen (secondary N) is 3. The van der Waals surface area contributed by atoms with Gasteiger partial charge in [-0.2, -0.15) is 10.2 Å². The van der Waals surface area contributed by atoms with Crippen LogP contribution in [-0.4, -0.2) is 64.5 Å². The lowest BCUT2D eigenvalue weighted by molar-refractivity contribution is -0.125. The minimum atomic E-state index is -0.851. The number of urea groups is 1. The van der Waals surface area contributed by atoms with Crippen LogP contribution in [-0.2, 0) is 21.7 Å². The number of amides is 4. The molecule has 4 amide bonds. The van der Waals surface area contributed by atoms with Crippen LogP contribution in [0, 0.1) is 0 Å². The molecule has 4 N–H and O–H groups in total. The van der Waals surface area contributed by atoms with Crippen molar-refractivity contribution in [3.63, 3.8) is 0 Å². The molecule has 0 spiro atoms. The van der Waals surface area contributed by atoms with E-state index in [0.717, 1.165) is 16.7 Å². The zero-order valence-corrected chi connectivity index (χ0v) is 23.0. The van der Waals surface area contributed by atoms with Crippen LogP contribution in [0.3, 0.4) is 0 Å². The number of carbonyl (C=O) groups is 4. The van der Waals surface area contributed by atoms with Crippen molar-refractivity contribution in [2.75, 3.05) is 19.4 Å². The second-order valence-electron chi connectivity index (χ2n) is 9.73. The van der Waals surface area contributed by atoms with E-state index in [-0.39, 0.29) is 24.0 Å². The lowest BCUT2D eigenvalue weighted by Crippen LogP contribution is -2.47. The van der Waals surface area contributed by atoms with Gasteiger partial charge in [0, 0.05) is 37.3 Å². The molecule has 3 aromatic rings. The number of anilines is 1.